The molecule has 0 aromatic carbocycles. The number of carbonyl (C=O) groups is 5. The molecule has 0 N–H and O–H groups in total. The summed E-state index contributed by atoms with van der Waals surface area (Å²) in [6.45, 7) is 7.28. The van der Waals surface area contributed by atoms with Crippen LogP contribution in [0.25, 0.3) is 0 Å². The van der Waals surface area contributed by atoms with E-state index in [1.165, 1.54) is 0 Å². The fourth-order valence-electron chi connectivity index (χ4n) is 8.13. The van der Waals surface area contributed by atoms with Crippen LogP contribution in [0, 0.1) is 28.6 Å². The van der Waals surface area contributed by atoms with Gasteiger partial charge in [-0.15, -0.1) is 0 Å². The summed E-state index contributed by atoms with van der Waals surface area (Å²) < 4.78 is 21.1. The Labute approximate surface area is 230 Å². The van der Waals surface area contributed by atoms with E-state index in [1.54, 1.807) is 13.0 Å². The Hall–Kier alpha value is -2.71. The van der Waals surface area contributed by atoms with Crippen molar-refractivity contribution in [2.75, 3.05) is 19.8 Å². The molecule has 0 bridgehead atoms. The van der Waals surface area contributed by atoms with Gasteiger partial charge in [-0.1, -0.05) is 39.2 Å². The molecule has 0 radical (unpaired) electrons. The van der Waals surface area contributed by atoms with Crippen molar-refractivity contribution in [1.82, 2.24) is 0 Å². The molecule has 0 saturated heterocycles. The van der Waals surface area contributed by atoms with Crippen LogP contribution < -0.4 is 0 Å². The Bertz CT molecular complexity index is 1050. The van der Waals surface area contributed by atoms with E-state index in [1.807, 2.05) is 13.8 Å². The minimum absolute atomic E-state index is 0.00331. The average Bonchev–Trinajstić information content (AvgIpc) is 3.17. The fraction of sp³-hybridized carbons (Fsp3) is 0.767. The lowest BCUT2D eigenvalue weighted by atomic mass is 9.46. The van der Waals surface area contributed by atoms with Crippen molar-refractivity contribution in [3.63, 3.8) is 0 Å². The second-order valence-corrected chi connectivity index (χ2v) is 12.1. The molecule has 4 rings (SSSR count). The van der Waals surface area contributed by atoms with Gasteiger partial charge in [-0.05, 0) is 68.8 Å². The van der Waals surface area contributed by atoms with Crippen molar-refractivity contribution in [2.24, 2.45) is 28.6 Å². The number of fused-ring (bicyclic) bond motifs is 5. The number of hydrogen-bond acceptors (Lipinski definition) is 9. The first-order valence-corrected chi connectivity index (χ1v) is 14.5. The molecular weight excluding hydrogens is 504 g/mol. The van der Waals surface area contributed by atoms with Gasteiger partial charge >= 0.3 is 12.3 Å². The molecule has 9 heteroatoms. The summed E-state index contributed by atoms with van der Waals surface area (Å²) in [6, 6.07) is 0. The minimum Gasteiger partial charge on any atom is -0.435 e. The number of hydrogen-bond donors (Lipinski definition) is 0. The highest BCUT2D eigenvalue weighted by Crippen LogP contribution is 2.67. The van der Waals surface area contributed by atoms with Crippen molar-refractivity contribution in [2.45, 2.75) is 97.5 Å². The van der Waals surface area contributed by atoms with Crippen LogP contribution in [0.1, 0.15) is 91.9 Å². The molecule has 9 nitrogen and oxygen atoms in total. The maximum Gasteiger partial charge on any atom is 0.509 e. The van der Waals surface area contributed by atoms with E-state index in [-0.39, 0.29) is 60.8 Å². The minimum atomic E-state index is -1.66. The molecule has 3 fully saturated rings. The molecule has 0 spiro atoms. The first-order chi connectivity index (χ1) is 18.5. The third-order valence-corrected chi connectivity index (χ3v) is 10.0. The average molecular weight is 547 g/mol. The predicted octanol–water partition coefficient (Wildman–Crippen LogP) is 5.52. The van der Waals surface area contributed by atoms with E-state index in [0.29, 0.717) is 25.7 Å². The van der Waals surface area contributed by atoms with E-state index < -0.39 is 35.7 Å². The zero-order chi connectivity index (χ0) is 28.4. The normalized spacial score (nSPS) is 35.2. The SMILES string of the molecule is CCCCCOC(=O)O[C@]1(C(=O)COC(=O)OCC)CC[C@H]2[C@@H]3CCC4=CC(=O)CC[C@]4(C)[C@H]3C(=O)C[C@@]21C. The van der Waals surface area contributed by atoms with Gasteiger partial charge in [-0.2, -0.15) is 0 Å². The summed E-state index contributed by atoms with van der Waals surface area (Å²) in [5.74, 6) is -0.722. The van der Waals surface area contributed by atoms with E-state index in [0.717, 1.165) is 31.3 Å². The Morgan fingerprint density at radius 2 is 1.72 bits per heavy atom. The van der Waals surface area contributed by atoms with Crippen LogP contribution in [0.2, 0.25) is 0 Å². The van der Waals surface area contributed by atoms with Gasteiger partial charge in [0.1, 0.15) is 5.78 Å². The Morgan fingerprint density at radius 3 is 2.44 bits per heavy atom. The van der Waals surface area contributed by atoms with E-state index in [9.17, 15) is 24.0 Å². The smallest absolute Gasteiger partial charge is 0.435 e. The molecule has 216 valence electrons. The molecule has 3 saturated carbocycles. The summed E-state index contributed by atoms with van der Waals surface area (Å²) in [5.41, 5.74) is -1.96. The number of Topliss-reactive ketones (excluding diaryl/α,β-unsaturated/α-hetero) is 2. The van der Waals surface area contributed by atoms with E-state index in [2.05, 4.69) is 6.92 Å². The largest absolute Gasteiger partial charge is 0.509 e. The lowest BCUT2D eigenvalue weighted by Crippen LogP contribution is -2.62. The number of unbranched alkanes of at least 4 members (excludes halogenated alkanes) is 2. The van der Waals surface area contributed by atoms with Crippen LogP contribution >= 0.6 is 0 Å². The lowest BCUT2D eigenvalue weighted by Gasteiger charge is -2.57. The summed E-state index contributed by atoms with van der Waals surface area (Å²) in [7, 11) is 0. The Balaban J connectivity index is 1.64. The summed E-state index contributed by atoms with van der Waals surface area (Å²) in [6.07, 6.45) is 5.76. The van der Waals surface area contributed by atoms with Gasteiger partial charge in [0, 0.05) is 24.2 Å². The highest BCUT2D eigenvalue weighted by molar-refractivity contribution is 5.95. The maximum atomic E-state index is 14.0. The number of allylic oxidation sites excluding steroid dienone is 1. The molecule has 0 aliphatic heterocycles. The van der Waals surface area contributed by atoms with Crippen LogP contribution in [0.4, 0.5) is 9.59 Å². The van der Waals surface area contributed by atoms with Crippen molar-refractivity contribution >= 4 is 29.7 Å². The molecule has 4 aliphatic carbocycles. The van der Waals surface area contributed by atoms with Crippen LogP contribution in [-0.2, 0) is 33.3 Å². The fourth-order valence-corrected chi connectivity index (χ4v) is 8.13. The van der Waals surface area contributed by atoms with Gasteiger partial charge in [0.25, 0.3) is 0 Å². The Morgan fingerprint density at radius 1 is 0.949 bits per heavy atom. The first-order valence-electron chi connectivity index (χ1n) is 14.5. The van der Waals surface area contributed by atoms with Crippen molar-refractivity contribution in [3.8, 4) is 0 Å². The number of ether oxygens (including phenoxy) is 4. The van der Waals surface area contributed by atoms with Crippen LogP contribution in [-0.4, -0.2) is 55.1 Å². The van der Waals surface area contributed by atoms with Crippen LogP contribution in [0.3, 0.4) is 0 Å². The van der Waals surface area contributed by atoms with Crippen molar-refractivity contribution < 1.29 is 42.9 Å². The molecule has 4 aliphatic rings. The molecule has 0 amide bonds. The molecule has 0 aromatic heterocycles. The molecule has 39 heavy (non-hydrogen) atoms. The van der Waals surface area contributed by atoms with Crippen molar-refractivity contribution in [3.05, 3.63) is 11.6 Å². The van der Waals surface area contributed by atoms with E-state index >= 15 is 0 Å². The molecule has 0 heterocycles. The monoisotopic (exact) mass is 546 g/mol. The van der Waals surface area contributed by atoms with Crippen LogP contribution in [0.5, 0.6) is 0 Å². The second kappa shape index (κ2) is 11.4. The number of rotatable bonds is 9. The van der Waals surface area contributed by atoms with Gasteiger partial charge in [-0.3, -0.25) is 14.4 Å². The summed E-state index contributed by atoms with van der Waals surface area (Å²) in [5, 5.41) is 0. The van der Waals surface area contributed by atoms with Gasteiger partial charge in [-0.25, -0.2) is 9.59 Å². The zero-order valence-electron chi connectivity index (χ0n) is 23.7. The lowest BCUT2D eigenvalue weighted by molar-refractivity contribution is -0.175. The zero-order valence-corrected chi connectivity index (χ0v) is 23.7. The summed E-state index contributed by atoms with van der Waals surface area (Å²) >= 11 is 0. The van der Waals surface area contributed by atoms with Gasteiger partial charge < -0.3 is 18.9 Å². The quantitative estimate of drug-likeness (QED) is 0.272. The van der Waals surface area contributed by atoms with Crippen molar-refractivity contribution in [1.29, 1.82) is 0 Å². The third kappa shape index (κ3) is 5.13. The molecule has 0 aromatic rings. The van der Waals surface area contributed by atoms with Gasteiger partial charge in [0.15, 0.2) is 18.0 Å². The standard InChI is InChI=1S/C30H42O9/c1-5-7-8-15-37-27(35)39-30(24(33)18-38-26(34)36-6-2)14-12-22-21-10-9-19-16-20(31)11-13-28(19,3)25(21)23(32)17-29(22,30)4/h16,21-22,25H,5-15,17-18H2,1-4H3/t21-,22-,25+,28-,29-,30-/m0/s1. The van der Waals surface area contributed by atoms with E-state index in [4.69, 9.17) is 18.9 Å². The highest BCUT2D eigenvalue weighted by Gasteiger charge is 2.71. The number of carbonyl (C=O) groups excluding carboxylic acids is 5. The highest BCUT2D eigenvalue weighted by atomic mass is 16.7. The first kappa shape index (κ1) is 29.3. The molecule has 0 unspecified atom stereocenters. The van der Waals surface area contributed by atoms with Crippen LogP contribution in [0.15, 0.2) is 11.6 Å². The Kier molecular flexibility index (Phi) is 8.57. The number of ketones is 3. The van der Waals surface area contributed by atoms with Gasteiger partial charge in [0.2, 0.25) is 5.78 Å². The maximum absolute atomic E-state index is 14.0. The molecular formula is C30H42O9. The molecule has 6 atom stereocenters. The predicted molar refractivity (Wildman–Crippen MR) is 140 cm³/mol. The third-order valence-electron chi connectivity index (χ3n) is 10.0. The topological polar surface area (TPSA) is 122 Å². The van der Waals surface area contributed by atoms with Gasteiger partial charge in [0.05, 0.1) is 13.2 Å². The second-order valence-electron chi connectivity index (χ2n) is 12.1. The summed E-state index contributed by atoms with van der Waals surface area (Å²) in [4.78, 5) is 64.8.